The van der Waals surface area contributed by atoms with Crippen molar-refractivity contribution >= 4 is 23.3 Å². The predicted octanol–water partition coefficient (Wildman–Crippen LogP) is 1.91. The van der Waals surface area contributed by atoms with Crippen molar-refractivity contribution in [1.29, 1.82) is 0 Å². The quantitative estimate of drug-likeness (QED) is 0.644. The van der Waals surface area contributed by atoms with Crippen LogP contribution in [0, 0.1) is 0 Å². The molecule has 150 valence electrons. The van der Waals surface area contributed by atoms with E-state index in [9.17, 15) is 9.90 Å². The van der Waals surface area contributed by atoms with Crippen LogP contribution in [0.5, 0.6) is 0 Å². The molecule has 1 N–H and O–H groups in total. The number of carbonyl (C=O) groups is 1. The number of carboxylic acids is 1. The van der Waals surface area contributed by atoms with Gasteiger partial charge < -0.3 is 5.11 Å². The van der Waals surface area contributed by atoms with Gasteiger partial charge in [0.05, 0.1) is 11.4 Å². The number of carboxylic acid groups (broad SMARTS) is 1. The maximum absolute atomic E-state index is 11.8. The maximum atomic E-state index is 11.8. The van der Waals surface area contributed by atoms with E-state index in [0.29, 0.717) is 16.4 Å². The minimum Gasteiger partial charge on any atom is -0.480 e. The third kappa shape index (κ3) is 4.35. The number of tetrazole rings is 1. The molecule has 0 spiro atoms. The van der Waals surface area contributed by atoms with Gasteiger partial charge in [0.15, 0.2) is 13.5 Å². The number of hydroxylamine groups is 3. The lowest BCUT2D eigenvalue weighted by Gasteiger charge is -2.37. The summed E-state index contributed by atoms with van der Waals surface area (Å²) in [5.41, 5.74) is 2.11. The summed E-state index contributed by atoms with van der Waals surface area (Å²) >= 11 is 6.14. The normalized spacial score (nSPS) is 16.0. The number of aromatic nitrogens is 4. The summed E-state index contributed by atoms with van der Waals surface area (Å²) in [5, 5.41) is 24.1. The lowest BCUT2D eigenvalue weighted by Crippen LogP contribution is -2.51. The lowest BCUT2D eigenvalue weighted by molar-refractivity contribution is -0.282. The Hall–Kier alpha value is -3.05. The Morgan fingerprint density at radius 2 is 1.97 bits per heavy atom. The Kier molecular flexibility index (Phi) is 5.67. The fourth-order valence-electron chi connectivity index (χ4n) is 2.96. The minimum absolute atomic E-state index is 0.0337. The van der Waals surface area contributed by atoms with Gasteiger partial charge in [0.25, 0.3) is 0 Å². The van der Waals surface area contributed by atoms with Gasteiger partial charge in [0.2, 0.25) is 0 Å². The molecular weight excluding hydrogens is 400 g/mol. The Balaban J connectivity index is 1.49. The molecule has 1 saturated heterocycles. The molecule has 0 aliphatic carbocycles. The second-order valence-corrected chi connectivity index (χ2v) is 6.68. The summed E-state index contributed by atoms with van der Waals surface area (Å²) in [5.74, 6) is -0.997. The summed E-state index contributed by atoms with van der Waals surface area (Å²) in [6.45, 7) is -0.112. The predicted molar refractivity (Wildman–Crippen MR) is 102 cm³/mol. The van der Waals surface area contributed by atoms with Gasteiger partial charge in [0.1, 0.15) is 12.4 Å². The highest BCUT2D eigenvalue weighted by Crippen LogP contribution is 2.29. The van der Waals surface area contributed by atoms with E-state index in [4.69, 9.17) is 21.3 Å². The molecule has 1 unspecified atom stereocenters. The van der Waals surface area contributed by atoms with Gasteiger partial charge in [0, 0.05) is 11.4 Å². The van der Waals surface area contributed by atoms with Gasteiger partial charge in [-0.05, 0) is 34.2 Å². The molecule has 4 rings (SSSR count). The Bertz CT molecular complexity index is 964. The zero-order valence-corrected chi connectivity index (χ0v) is 15.9. The van der Waals surface area contributed by atoms with E-state index in [1.54, 1.807) is 18.2 Å². The standard InChI is InChI=1S/C18H17ClN6O4/c19-14-6-7-15(23-10-20-21-22-23)16(9-14)24-11-29-25(12-28-24)17(18(26)27)8-13-4-2-1-3-5-13/h1-7,9-10,17H,8,11-12H2,(H,26,27). The van der Waals surface area contributed by atoms with Gasteiger partial charge in [-0.2, -0.15) is 4.68 Å². The third-order valence-corrected chi connectivity index (χ3v) is 4.62. The van der Waals surface area contributed by atoms with E-state index in [-0.39, 0.29) is 19.9 Å². The second kappa shape index (κ2) is 8.53. The Morgan fingerprint density at radius 1 is 1.14 bits per heavy atom. The number of benzene rings is 2. The molecule has 0 amide bonds. The number of anilines is 1. The van der Waals surface area contributed by atoms with Crippen molar-refractivity contribution in [2.75, 3.05) is 18.5 Å². The van der Waals surface area contributed by atoms with Crippen LogP contribution in [0.1, 0.15) is 5.56 Å². The zero-order valence-electron chi connectivity index (χ0n) is 15.1. The van der Waals surface area contributed by atoms with Crippen molar-refractivity contribution in [1.82, 2.24) is 25.3 Å². The smallest absolute Gasteiger partial charge is 0.323 e. The molecule has 2 aromatic carbocycles. The summed E-state index contributed by atoms with van der Waals surface area (Å²) < 4.78 is 1.47. The first-order chi connectivity index (χ1) is 14.1. The van der Waals surface area contributed by atoms with E-state index in [1.165, 1.54) is 21.1 Å². The Labute approximate surface area is 170 Å². The SMILES string of the molecule is O=C(O)C(Cc1ccccc1)N1CON(c2cc(Cl)ccc2-n2cnnn2)CO1. The molecule has 0 radical (unpaired) electrons. The van der Waals surface area contributed by atoms with Crippen LogP contribution in [0.2, 0.25) is 5.02 Å². The molecule has 0 bridgehead atoms. The number of nitrogens with zero attached hydrogens (tertiary/aromatic N) is 6. The monoisotopic (exact) mass is 416 g/mol. The van der Waals surface area contributed by atoms with Crippen molar-refractivity contribution in [2.45, 2.75) is 12.5 Å². The second-order valence-electron chi connectivity index (χ2n) is 6.24. The molecule has 29 heavy (non-hydrogen) atoms. The number of rotatable bonds is 6. The summed E-state index contributed by atoms with van der Waals surface area (Å²) in [4.78, 5) is 23.2. The summed E-state index contributed by atoms with van der Waals surface area (Å²) in [7, 11) is 0. The average molecular weight is 417 g/mol. The van der Waals surface area contributed by atoms with E-state index in [2.05, 4.69) is 15.5 Å². The van der Waals surface area contributed by atoms with Crippen LogP contribution in [0.4, 0.5) is 5.69 Å². The van der Waals surface area contributed by atoms with Gasteiger partial charge in [-0.3, -0.25) is 14.5 Å². The Morgan fingerprint density at radius 3 is 2.62 bits per heavy atom. The van der Waals surface area contributed by atoms with Crippen LogP contribution in [0.15, 0.2) is 54.9 Å². The van der Waals surface area contributed by atoms with Crippen molar-refractivity contribution in [2.24, 2.45) is 0 Å². The molecule has 2 heterocycles. The topological polar surface area (TPSA) is 106 Å². The molecule has 11 heteroatoms. The molecule has 1 fully saturated rings. The van der Waals surface area contributed by atoms with E-state index in [0.717, 1.165) is 5.56 Å². The molecule has 0 saturated carbocycles. The first kappa shape index (κ1) is 19.3. The van der Waals surface area contributed by atoms with Crippen LogP contribution in [-0.2, 0) is 20.9 Å². The van der Waals surface area contributed by atoms with Gasteiger partial charge in [-0.15, -0.1) is 10.2 Å². The van der Waals surface area contributed by atoms with Crippen LogP contribution in [0.3, 0.4) is 0 Å². The maximum Gasteiger partial charge on any atom is 0.323 e. The molecule has 10 nitrogen and oxygen atoms in total. The van der Waals surface area contributed by atoms with Crippen LogP contribution >= 0.6 is 11.6 Å². The number of hydrogen-bond acceptors (Lipinski definition) is 8. The fourth-order valence-corrected chi connectivity index (χ4v) is 3.12. The highest BCUT2D eigenvalue weighted by atomic mass is 35.5. The largest absolute Gasteiger partial charge is 0.480 e. The van der Waals surface area contributed by atoms with Crippen molar-refractivity contribution in [3.05, 3.63) is 65.4 Å². The first-order valence-electron chi connectivity index (χ1n) is 8.71. The lowest BCUT2D eigenvalue weighted by atomic mass is 10.1. The van der Waals surface area contributed by atoms with E-state index >= 15 is 0 Å². The molecular formula is C18H17ClN6O4. The van der Waals surface area contributed by atoms with Gasteiger partial charge in [-0.25, -0.2) is 5.06 Å². The van der Waals surface area contributed by atoms with E-state index < -0.39 is 12.0 Å². The fraction of sp³-hybridized carbons (Fsp3) is 0.222. The third-order valence-electron chi connectivity index (χ3n) is 4.39. The van der Waals surface area contributed by atoms with Crippen LogP contribution < -0.4 is 5.06 Å². The highest BCUT2D eigenvalue weighted by molar-refractivity contribution is 6.31. The van der Waals surface area contributed by atoms with Crippen LogP contribution in [0.25, 0.3) is 5.69 Å². The van der Waals surface area contributed by atoms with Crippen molar-refractivity contribution in [3.63, 3.8) is 0 Å². The number of halogens is 1. The average Bonchev–Trinajstić information content (AvgIpc) is 3.27. The van der Waals surface area contributed by atoms with Gasteiger partial charge in [-0.1, -0.05) is 41.9 Å². The van der Waals surface area contributed by atoms with E-state index in [1.807, 2.05) is 30.3 Å². The minimum atomic E-state index is -0.997. The highest BCUT2D eigenvalue weighted by Gasteiger charge is 2.32. The summed E-state index contributed by atoms with van der Waals surface area (Å²) in [6.07, 6.45) is 1.73. The first-order valence-corrected chi connectivity index (χ1v) is 9.09. The molecule has 1 aromatic heterocycles. The molecule has 1 aliphatic rings. The molecule has 3 aromatic rings. The molecule has 1 aliphatic heterocycles. The van der Waals surface area contributed by atoms with Crippen molar-refractivity contribution in [3.8, 4) is 5.69 Å². The van der Waals surface area contributed by atoms with Crippen molar-refractivity contribution < 1.29 is 19.6 Å². The number of aliphatic carboxylic acids is 1. The zero-order chi connectivity index (χ0) is 20.2. The number of hydrogen-bond donors (Lipinski definition) is 1. The van der Waals surface area contributed by atoms with Gasteiger partial charge >= 0.3 is 5.97 Å². The van der Waals surface area contributed by atoms with Crippen LogP contribution in [-0.4, -0.2) is 55.8 Å². The summed E-state index contributed by atoms with van der Waals surface area (Å²) in [6, 6.07) is 13.6. The molecule has 1 atom stereocenters.